The maximum atomic E-state index is 12.2. The smallest absolute Gasteiger partial charge is 0.387 e. The van der Waals surface area contributed by atoms with Crippen molar-refractivity contribution in [3.05, 3.63) is 47.5 Å². The van der Waals surface area contributed by atoms with Crippen molar-refractivity contribution in [3.63, 3.8) is 0 Å². The molecule has 0 saturated heterocycles. The molecule has 134 valence electrons. The first kappa shape index (κ1) is 18.5. The fourth-order valence-corrected chi connectivity index (χ4v) is 2.28. The molecule has 0 atom stereocenters. The predicted octanol–water partition coefficient (Wildman–Crippen LogP) is 3.79. The van der Waals surface area contributed by atoms with Gasteiger partial charge < -0.3 is 19.5 Å². The third-order valence-corrected chi connectivity index (χ3v) is 3.52. The summed E-state index contributed by atoms with van der Waals surface area (Å²) >= 11 is 0. The fraction of sp³-hybridized carbons (Fsp3) is 0.278. The van der Waals surface area contributed by atoms with Crippen LogP contribution in [-0.2, 0) is 11.2 Å². The summed E-state index contributed by atoms with van der Waals surface area (Å²) in [5.74, 6) is 0.900. The molecular weight excluding hydrogens is 332 g/mol. The number of methoxy groups -OCH3 is 2. The van der Waals surface area contributed by atoms with Gasteiger partial charge in [-0.1, -0.05) is 12.1 Å². The van der Waals surface area contributed by atoms with E-state index >= 15 is 0 Å². The Balaban J connectivity index is 2.05. The minimum absolute atomic E-state index is 0.0508. The van der Waals surface area contributed by atoms with E-state index in [1.165, 1.54) is 26.4 Å². The van der Waals surface area contributed by atoms with E-state index in [1.807, 2.05) is 6.92 Å². The molecule has 0 spiro atoms. The lowest BCUT2D eigenvalue weighted by Crippen LogP contribution is -2.15. The van der Waals surface area contributed by atoms with Crippen molar-refractivity contribution in [3.8, 4) is 17.2 Å². The summed E-state index contributed by atoms with van der Waals surface area (Å²) in [6.07, 6.45) is 0.0999. The van der Waals surface area contributed by atoms with E-state index < -0.39 is 6.61 Å². The number of anilines is 1. The number of amides is 1. The Morgan fingerprint density at radius 1 is 1.08 bits per heavy atom. The van der Waals surface area contributed by atoms with Crippen LogP contribution < -0.4 is 19.5 Å². The van der Waals surface area contributed by atoms with Crippen molar-refractivity contribution in [1.29, 1.82) is 0 Å². The van der Waals surface area contributed by atoms with Gasteiger partial charge in [0.1, 0.15) is 5.75 Å². The number of alkyl halides is 2. The zero-order chi connectivity index (χ0) is 18.4. The molecule has 7 heteroatoms. The van der Waals surface area contributed by atoms with Crippen molar-refractivity contribution in [1.82, 2.24) is 0 Å². The molecule has 0 aliphatic heterocycles. The van der Waals surface area contributed by atoms with Crippen LogP contribution in [0.5, 0.6) is 17.2 Å². The number of halogens is 2. The van der Waals surface area contributed by atoms with Crippen molar-refractivity contribution in [2.24, 2.45) is 0 Å². The van der Waals surface area contributed by atoms with Crippen LogP contribution in [0.25, 0.3) is 0 Å². The van der Waals surface area contributed by atoms with Gasteiger partial charge in [-0.25, -0.2) is 0 Å². The molecule has 0 aliphatic carbocycles. The molecule has 2 aromatic carbocycles. The number of benzene rings is 2. The van der Waals surface area contributed by atoms with E-state index in [2.05, 4.69) is 10.1 Å². The number of carbonyl (C=O) groups excluding carboxylic acids is 1. The number of carbonyl (C=O) groups is 1. The topological polar surface area (TPSA) is 56.8 Å². The summed E-state index contributed by atoms with van der Waals surface area (Å²) in [4.78, 5) is 12.2. The molecule has 2 rings (SSSR count). The zero-order valence-corrected chi connectivity index (χ0v) is 14.1. The highest BCUT2D eigenvalue weighted by Crippen LogP contribution is 2.32. The lowest BCUT2D eigenvalue weighted by molar-refractivity contribution is -0.115. The van der Waals surface area contributed by atoms with Crippen LogP contribution in [0.1, 0.15) is 11.1 Å². The third kappa shape index (κ3) is 5.07. The summed E-state index contributed by atoms with van der Waals surface area (Å²) in [5, 5.41) is 2.81. The first-order chi connectivity index (χ1) is 11.9. The number of nitrogens with one attached hydrogen (secondary N) is 1. The Morgan fingerprint density at radius 2 is 1.68 bits per heavy atom. The Kier molecular flexibility index (Phi) is 6.16. The molecule has 0 aromatic heterocycles. The quantitative estimate of drug-likeness (QED) is 0.824. The average molecular weight is 351 g/mol. The lowest BCUT2D eigenvalue weighted by atomic mass is 10.1. The molecule has 0 unspecified atom stereocenters. The molecule has 25 heavy (non-hydrogen) atoms. The molecule has 0 saturated carbocycles. The van der Waals surface area contributed by atoms with Crippen molar-refractivity contribution >= 4 is 11.6 Å². The van der Waals surface area contributed by atoms with Crippen molar-refractivity contribution in [2.45, 2.75) is 20.0 Å². The summed E-state index contributed by atoms with van der Waals surface area (Å²) in [6, 6.07) is 9.39. The highest BCUT2D eigenvalue weighted by molar-refractivity contribution is 5.93. The first-order valence-electron chi connectivity index (χ1n) is 7.49. The standard InChI is InChI=1S/C18H19F2NO4/c1-11-8-15(23-2)16(24-3)10-14(11)21-17(22)9-12-4-6-13(7-5-12)25-18(19)20/h4-8,10,18H,9H2,1-3H3,(H,21,22). The number of rotatable bonds is 7. The van der Waals surface area contributed by atoms with Gasteiger partial charge in [0, 0.05) is 11.8 Å². The SMILES string of the molecule is COc1cc(C)c(NC(=O)Cc2ccc(OC(F)F)cc2)cc1OC. The minimum Gasteiger partial charge on any atom is -0.493 e. The van der Waals surface area contributed by atoms with Crippen LogP contribution in [0, 0.1) is 6.92 Å². The molecule has 0 radical (unpaired) electrons. The number of hydrogen-bond acceptors (Lipinski definition) is 4. The lowest BCUT2D eigenvalue weighted by Gasteiger charge is -2.13. The summed E-state index contributed by atoms with van der Waals surface area (Å²) < 4.78 is 39.0. The van der Waals surface area contributed by atoms with E-state index in [-0.39, 0.29) is 18.1 Å². The van der Waals surface area contributed by atoms with E-state index in [0.29, 0.717) is 22.7 Å². The van der Waals surface area contributed by atoms with E-state index in [1.54, 1.807) is 24.3 Å². The van der Waals surface area contributed by atoms with Gasteiger partial charge in [-0.05, 0) is 36.2 Å². The van der Waals surface area contributed by atoms with E-state index in [9.17, 15) is 13.6 Å². The monoisotopic (exact) mass is 351 g/mol. The Morgan fingerprint density at radius 3 is 2.24 bits per heavy atom. The van der Waals surface area contributed by atoms with Gasteiger partial charge in [-0.3, -0.25) is 4.79 Å². The highest BCUT2D eigenvalue weighted by atomic mass is 19.3. The van der Waals surface area contributed by atoms with Gasteiger partial charge in [0.05, 0.1) is 20.6 Å². The van der Waals surface area contributed by atoms with Crippen LogP contribution in [0.4, 0.5) is 14.5 Å². The second-order valence-electron chi connectivity index (χ2n) is 5.27. The van der Waals surface area contributed by atoms with E-state index in [0.717, 1.165) is 5.56 Å². The fourth-order valence-electron chi connectivity index (χ4n) is 2.28. The molecule has 2 aromatic rings. The van der Waals surface area contributed by atoms with Crippen LogP contribution >= 0.6 is 0 Å². The van der Waals surface area contributed by atoms with Gasteiger partial charge >= 0.3 is 6.61 Å². The van der Waals surface area contributed by atoms with Gasteiger partial charge in [0.15, 0.2) is 11.5 Å². The molecule has 0 aliphatic rings. The predicted molar refractivity (Wildman–Crippen MR) is 89.7 cm³/mol. The largest absolute Gasteiger partial charge is 0.493 e. The van der Waals surface area contributed by atoms with Crippen LogP contribution in [0.3, 0.4) is 0 Å². The highest BCUT2D eigenvalue weighted by Gasteiger charge is 2.12. The maximum absolute atomic E-state index is 12.2. The number of ether oxygens (including phenoxy) is 3. The summed E-state index contributed by atoms with van der Waals surface area (Å²) in [7, 11) is 3.05. The first-order valence-corrected chi connectivity index (χ1v) is 7.49. The maximum Gasteiger partial charge on any atom is 0.387 e. The molecule has 1 amide bonds. The Bertz CT molecular complexity index is 733. The summed E-state index contributed by atoms with van der Waals surface area (Å²) in [6.45, 7) is -1.03. The van der Waals surface area contributed by atoms with E-state index in [4.69, 9.17) is 9.47 Å². The number of hydrogen-bond donors (Lipinski definition) is 1. The molecular formula is C18H19F2NO4. The molecule has 0 fully saturated rings. The van der Waals surface area contributed by atoms with Crippen LogP contribution in [0.15, 0.2) is 36.4 Å². The number of aryl methyl sites for hydroxylation is 1. The normalized spacial score (nSPS) is 10.5. The molecule has 0 bridgehead atoms. The second-order valence-corrected chi connectivity index (χ2v) is 5.27. The van der Waals surface area contributed by atoms with Crippen molar-refractivity contribution < 1.29 is 27.8 Å². The van der Waals surface area contributed by atoms with Crippen LogP contribution in [-0.4, -0.2) is 26.7 Å². The van der Waals surface area contributed by atoms with Crippen LogP contribution in [0.2, 0.25) is 0 Å². The third-order valence-electron chi connectivity index (χ3n) is 3.52. The summed E-state index contributed by atoms with van der Waals surface area (Å²) in [5.41, 5.74) is 2.12. The van der Waals surface area contributed by atoms with Crippen molar-refractivity contribution in [2.75, 3.05) is 19.5 Å². The minimum atomic E-state index is -2.87. The molecule has 0 heterocycles. The van der Waals surface area contributed by atoms with Gasteiger partial charge in [0.25, 0.3) is 0 Å². The molecule has 1 N–H and O–H groups in total. The molecule has 5 nitrogen and oxygen atoms in total. The van der Waals surface area contributed by atoms with Gasteiger partial charge in [-0.2, -0.15) is 8.78 Å². The average Bonchev–Trinajstić information content (AvgIpc) is 2.57. The van der Waals surface area contributed by atoms with Gasteiger partial charge in [-0.15, -0.1) is 0 Å². The van der Waals surface area contributed by atoms with Gasteiger partial charge in [0.2, 0.25) is 5.91 Å². The zero-order valence-electron chi connectivity index (χ0n) is 14.1. The Labute approximate surface area is 144 Å². The Hall–Kier alpha value is -2.83. The second kappa shape index (κ2) is 8.32.